The SMILES string of the molecule is Cc1ccc(-c2nnn(Cc3ccccc3)c2CO)cc1. The number of aliphatic hydroxyl groups is 1. The van der Waals surface area contributed by atoms with E-state index in [2.05, 4.69) is 10.3 Å². The molecule has 1 heterocycles. The van der Waals surface area contributed by atoms with Gasteiger partial charge in [0.1, 0.15) is 5.69 Å². The van der Waals surface area contributed by atoms with Crippen LogP contribution in [0.5, 0.6) is 0 Å². The van der Waals surface area contributed by atoms with E-state index in [0.717, 1.165) is 22.5 Å². The van der Waals surface area contributed by atoms with Gasteiger partial charge in [-0.15, -0.1) is 5.10 Å². The molecule has 4 nitrogen and oxygen atoms in total. The minimum absolute atomic E-state index is 0.0803. The molecule has 3 rings (SSSR count). The topological polar surface area (TPSA) is 50.9 Å². The van der Waals surface area contributed by atoms with Gasteiger partial charge in [-0.3, -0.25) is 0 Å². The van der Waals surface area contributed by atoms with Crippen molar-refractivity contribution in [2.45, 2.75) is 20.1 Å². The third-order valence-electron chi connectivity index (χ3n) is 3.49. The number of nitrogens with zero attached hydrogens (tertiary/aromatic N) is 3. The van der Waals surface area contributed by atoms with Crippen molar-refractivity contribution in [3.05, 3.63) is 71.4 Å². The first kappa shape index (κ1) is 13.5. The number of hydrogen-bond donors (Lipinski definition) is 1. The molecule has 0 unspecified atom stereocenters. The number of rotatable bonds is 4. The van der Waals surface area contributed by atoms with Crippen LogP contribution in [0.3, 0.4) is 0 Å². The van der Waals surface area contributed by atoms with Crippen LogP contribution in [0.2, 0.25) is 0 Å². The minimum atomic E-state index is -0.0803. The first-order chi connectivity index (χ1) is 10.3. The Hall–Kier alpha value is -2.46. The van der Waals surface area contributed by atoms with Crippen LogP contribution in [0.25, 0.3) is 11.3 Å². The van der Waals surface area contributed by atoms with Crippen LogP contribution in [0.1, 0.15) is 16.8 Å². The number of aromatic nitrogens is 3. The Kier molecular flexibility index (Phi) is 3.79. The van der Waals surface area contributed by atoms with Gasteiger partial charge in [-0.05, 0) is 12.5 Å². The predicted octanol–water partition coefficient (Wildman–Crippen LogP) is 2.79. The summed E-state index contributed by atoms with van der Waals surface area (Å²) in [6, 6.07) is 18.1. The first-order valence-electron chi connectivity index (χ1n) is 6.92. The van der Waals surface area contributed by atoms with Crippen LogP contribution in [0.4, 0.5) is 0 Å². The lowest BCUT2D eigenvalue weighted by Gasteiger charge is -2.06. The molecule has 0 aliphatic carbocycles. The third-order valence-corrected chi connectivity index (χ3v) is 3.49. The van der Waals surface area contributed by atoms with Gasteiger partial charge in [0.25, 0.3) is 0 Å². The van der Waals surface area contributed by atoms with E-state index in [1.165, 1.54) is 5.56 Å². The van der Waals surface area contributed by atoms with Crippen molar-refractivity contribution in [2.24, 2.45) is 0 Å². The second-order valence-corrected chi connectivity index (χ2v) is 5.05. The van der Waals surface area contributed by atoms with Gasteiger partial charge in [-0.2, -0.15) is 0 Å². The monoisotopic (exact) mass is 279 g/mol. The predicted molar refractivity (Wildman–Crippen MR) is 81.7 cm³/mol. The molecular formula is C17H17N3O. The Balaban J connectivity index is 1.95. The first-order valence-corrected chi connectivity index (χ1v) is 6.92. The Bertz CT molecular complexity index is 718. The van der Waals surface area contributed by atoms with Crippen LogP contribution in [-0.2, 0) is 13.2 Å². The van der Waals surface area contributed by atoms with E-state index >= 15 is 0 Å². The molecule has 0 atom stereocenters. The molecule has 0 amide bonds. The molecular weight excluding hydrogens is 262 g/mol. The second-order valence-electron chi connectivity index (χ2n) is 5.05. The summed E-state index contributed by atoms with van der Waals surface area (Å²) in [5.74, 6) is 0. The number of hydrogen-bond acceptors (Lipinski definition) is 3. The maximum atomic E-state index is 9.68. The molecule has 0 saturated carbocycles. The molecule has 106 valence electrons. The van der Waals surface area contributed by atoms with Crippen molar-refractivity contribution in [2.75, 3.05) is 0 Å². The fourth-order valence-electron chi connectivity index (χ4n) is 2.31. The molecule has 0 saturated heterocycles. The van der Waals surface area contributed by atoms with Crippen molar-refractivity contribution in [3.63, 3.8) is 0 Å². The van der Waals surface area contributed by atoms with E-state index in [1.54, 1.807) is 4.68 Å². The van der Waals surface area contributed by atoms with Gasteiger partial charge in [0.2, 0.25) is 0 Å². The van der Waals surface area contributed by atoms with E-state index in [9.17, 15) is 5.11 Å². The zero-order valence-electron chi connectivity index (χ0n) is 11.9. The molecule has 0 aliphatic rings. The van der Waals surface area contributed by atoms with Crippen molar-refractivity contribution in [1.82, 2.24) is 15.0 Å². The van der Waals surface area contributed by atoms with E-state index < -0.39 is 0 Å². The van der Waals surface area contributed by atoms with Gasteiger partial charge in [-0.25, -0.2) is 4.68 Å². The van der Waals surface area contributed by atoms with E-state index in [4.69, 9.17) is 0 Å². The summed E-state index contributed by atoms with van der Waals surface area (Å²) in [6.07, 6.45) is 0. The van der Waals surface area contributed by atoms with Gasteiger partial charge in [0, 0.05) is 5.56 Å². The van der Waals surface area contributed by atoms with E-state index in [1.807, 2.05) is 61.5 Å². The van der Waals surface area contributed by atoms with Gasteiger partial charge in [0.05, 0.1) is 18.8 Å². The Labute approximate surface area is 123 Å². The van der Waals surface area contributed by atoms with E-state index in [-0.39, 0.29) is 6.61 Å². The molecule has 4 heteroatoms. The highest BCUT2D eigenvalue weighted by Crippen LogP contribution is 2.22. The summed E-state index contributed by atoms with van der Waals surface area (Å²) in [7, 11) is 0. The van der Waals surface area contributed by atoms with Crippen LogP contribution >= 0.6 is 0 Å². The highest BCUT2D eigenvalue weighted by Gasteiger charge is 2.13. The largest absolute Gasteiger partial charge is 0.390 e. The van der Waals surface area contributed by atoms with Crippen molar-refractivity contribution < 1.29 is 5.11 Å². The van der Waals surface area contributed by atoms with Crippen LogP contribution < -0.4 is 0 Å². The summed E-state index contributed by atoms with van der Waals surface area (Å²) in [6.45, 7) is 2.57. The molecule has 1 N–H and O–H groups in total. The van der Waals surface area contributed by atoms with E-state index in [0.29, 0.717) is 6.54 Å². The highest BCUT2D eigenvalue weighted by atomic mass is 16.3. The smallest absolute Gasteiger partial charge is 0.118 e. The quantitative estimate of drug-likeness (QED) is 0.799. The Morgan fingerprint density at radius 3 is 2.38 bits per heavy atom. The summed E-state index contributed by atoms with van der Waals surface area (Å²) < 4.78 is 1.75. The summed E-state index contributed by atoms with van der Waals surface area (Å²) >= 11 is 0. The average Bonchev–Trinajstić information content (AvgIpc) is 2.92. The fraction of sp³-hybridized carbons (Fsp3) is 0.176. The number of benzene rings is 2. The van der Waals surface area contributed by atoms with Crippen LogP contribution in [-0.4, -0.2) is 20.1 Å². The number of aliphatic hydroxyl groups excluding tert-OH is 1. The summed E-state index contributed by atoms with van der Waals surface area (Å²) in [5.41, 5.74) is 4.79. The maximum absolute atomic E-state index is 9.68. The molecule has 0 fully saturated rings. The third kappa shape index (κ3) is 2.85. The average molecular weight is 279 g/mol. The molecule has 0 bridgehead atoms. The number of aryl methyl sites for hydroxylation is 1. The van der Waals surface area contributed by atoms with Gasteiger partial charge >= 0.3 is 0 Å². The Morgan fingerprint density at radius 1 is 1.00 bits per heavy atom. The lowest BCUT2D eigenvalue weighted by molar-refractivity contribution is 0.269. The molecule has 0 spiro atoms. The normalized spacial score (nSPS) is 10.8. The fourth-order valence-corrected chi connectivity index (χ4v) is 2.31. The van der Waals surface area contributed by atoms with Crippen molar-refractivity contribution in [1.29, 1.82) is 0 Å². The second kappa shape index (κ2) is 5.89. The van der Waals surface area contributed by atoms with Gasteiger partial charge < -0.3 is 5.11 Å². The van der Waals surface area contributed by atoms with Crippen molar-refractivity contribution >= 4 is 0 Å². The zero-order chi connectivity index (χ0) is 14.7. The minimum Gasteiger partial charge on any atom is -0.390 e. The lowest BCUT2D eigenvalue weighted by Crippen LogP contribution is -2.06. The van der Waals surface area contributed by atoms with Crippen LogP contribution in [0, 0.1) is 6.92 Å². The molecule has 0 radical (unpaired) electrons. The highest BCUT2D eigenvalue weighted by molar-refractivity contribution is 5.61. The standard InChI is InChI=1S/C17H17N3O/c1-13-7-9-15(10-8-13)17-16(12-21)20(19-18-17)11-14-5-3-2-4-6-14/h2-10,21H,11-12H2,1H3. The summed E-state index contributed by atoms with van der Waals surface area (Å²) in [4.78, 5) is 0. The zero-order valence-corrected chi connectivity index (χ0v) is 11.9. The maximum Gasteiger partial charge on any atom is 0.118 e. The molecule has 21 heavy (non-hydrogen) atoms. The molecule has 0 aliphatic heterocycles. The van der Waals surface area contributed by atoms with Gasteiger partial charge in [-0.1, -0.05) is 65.4 Å². The molecule has 2 aromatic carbocycles. The van der Waals surface area contributed by atoms with Crippen molar-refractivity contribution in [3.8, 4) is 11.3 Å². The van der Waals surface area contributed by atoms with Crippen LogP contribution in [0.15, 0.2) is 54.6 Å². The molecule has 3 aromatic rings. The van der Waals surface area contributed by atoms with Gasteiger partial charge in [0.15, 0.2) is 0 Å². The molecule has 1 aromatic heterocycles. The summed E-state index contributed by atoms with van der Waals surface area (Å²) in [5, 5.41) is 18.1. The Morgan fingerprint density at radius 2 is 1.71 bits per heavy atom. The lowest BCUT2D eigenvalue weighted by atomic mass is 10.1.